The number of hydrogen-bond donors (Lipinski definition) is 4. The number of nitrogens with one attached hydrogen (secondary N) is 3. The summed E-state index contributed by atoms with van der Waals surface area (Å²) >= 11 is 0. The summed E-state index contributed by atoms with van der Waals surface area (Å²) in [6.07, 6.45) is 3.39. The van der Waals surface area contributed by atoms with Crippen LogP contribution in [-0.4, -0.2) is 80.6 Å². The normalized spacial score (nSPS) is 14.0. The average molecular weight is 678 g/mol. The third-order valence-electron chi connectivity index (χ3n) is 8.39. The molecule has 0 bridgehead atoms. The van der Waals surface area contributed by atoms with Gasteiger partial charge in [-0.05, 0) is 46.9 Å². The number of carbonyl (C=O) groups excluding carboxylic acids is 4. The Balaban J connectivity index is 1.58. The molecule has 0 fully saturated rings. The summed E-state index contributed by atoms with van der Waals surface area (Å²) in [7, 11) is 0. The van der Waals surface area contributed by atoms with E-state index >= 15 is 0 Å². The van der Waals surface area contributed by atoms with E-state index in [0.29, 0.717) is 6.42 Å². The first kappa shape index (κ1) is 39.0. The van der Waals surface area contributed by atoms with Crippen LogP contribution in [0.3, 0.4) is 0 Å². The van der Waals surface area contributed by atoms with E-state index in [2.05, 4.69) is 41.2 Å². The first-order valence-corrected chi connectivity index (χ1v) is 16.8. The molecular weight excluding hydrogens is 626 g/mol. The molecule has 3 amide bonds. The summed E-state index contributed by atoms with van der Waals surface area (Å²) in [4.78, 5) is 52.1. The molecule has 266 valence electrons. The Labute approximate surface area is 289 Å². The monoisotopic (exact) mass is 677 g/mol. The van der Waals surface area contributed by atoms with Crippen LogP contribution in [0.25, 0.3) is 11.1 Å². The molecule has 0 spiro atoms. The van der Waals surface area contributed by atoms with Gasteiger partial charge in [0.2, 0.25) is 11.8 Å². The molecule has 0 unspecified atom stereocenters. The average Bonchev–Trinajstić information content (AvgIpc) is 3.39. The minimum Gasteiger partial charge on any atom is -0.462 e. The summed E-state index contributed by atoms with van der Waals surface area (Å²) in [5, 5.41) is 17.1. The highest BCUT2D eigenvalue weighted by molar-refractivity contribution is 5.86. The number of rotatable bonds is 20. The molecule has 3 rings (SSSR count). The van der Waals surface area contributed by atoms with Gasteiger partial charge in [-0.15, -0.1) is 13.2 Å². The molecule has 0 aromatic heterocycles. The van der Waals surface area contributed by atoms with E-state index in [1.807, 2.05) is 57.2 Å². The molecule has 11 heteroatoms. The highest BCUT2D eigenvalue weighted by atomic mass is 16.6. The van der Waals surface area contributed by atoms with Crippen molar-refractivity contribution in [2.24, 2.45) is 11.3 Å². The fraction of sp³-hybridized carbons (Fsp3) is 0.474. The minimum absolute atomic E-state index is 0.0673. The lowest BCUT2D eigenvalue weighted by atomic mass is 9.86. The molecular formula is C38H51N3O8. The molecule has 1 aliphatic rings. The van der Waals surface area contributed by atoms with Crippen molar-refractivity contribution < 1.29 is 38.5 Å². The van der Waals surface area contributed by atoms with Crippen molar-refractivity contribution in [3.05, 3.63) is 85.0 Å². The zero-order valence-corrected chi connectivity index (χ0v) is 28.9. The van der Waals surface area contributed by atoms with Gasteiger partial charge in [0.05, 0.1) is 31.8 Å². The molecule has 49 heavy (non-hydrogen) atoms. The third-order valence-corrected chi connectivity index (χ3v) is 8.39. The van der Waals surface area contributed by atoms with Crippen molar-refractivity contribution in [2.75, 3.05) is 39.6 Å². The second-order valence-electron chi connectivity index (χ2n) is 13.1. The number of hydrogen-bond acceptors (Lipinski definition) is 8. The number of aliphatic hydroxyl groups is 1. The topological polar surface area (TPSA) is 152 Å². The molecule has 0 saturated heterocycles. The number of benzene rings is 2. The van der Waals surface area contributed by atoms with E-state index < -0.39 is 35.5 Å². The summed E-state index contributed by atoms with van der Waals surface area (Å²) in [5.74, 6) is -2.17. The largest absolute Gasteiger partial charge is 0.462 e. The van der Waals surface area contributed by atoms with Crippen molar-refractivity contribution in [1.82, 2.24) is 16.0 Å². The maximum absolute atomic E-state index is 13.3. The summed E-state index contributed by atoms with van der Waals surface area (Å²) in [5.41, 5.74) is 3.86. The summed E-state index contributed by atoms with van der Waals surface area (Å²) in [6, 6.07) is 14.5. The second kappa shape index (κ2) is 19.5. The van der Waals surface area contributed by atoms with Crippen LogP contribution in [0.4, 0.5) is 4.79 Å². The highest BCUT2D eigenvalue weighted by Crippen LogP contribution is 2.44. The van der Waals surface area contributed by atoms with Crippen LogP contribution in [0.2, 0.25) is 0 Å². The number of amides is 3. The number of ether oxygens (including phenoxy) is 3. The first-order valence-electron chi connectivity index (χ1n) is 16.8. The van der Waals surface area contributed by atoms with Gasteiger partial charge in [-0.1, -0.05) is 81.5 Å². The Morgan fingerprint density at radius 1 is 0.918 bits per heavy atom. The molecule has 4 N–H and O–H groups in total. The van der Waals surface area contributed by atoms with Gasteiger partial charge in [0.25, 0.3) is 0 Å². The number of carbonyl (C=O) groups is 4. The zero-order valence-electron chi connectivity index (χ0n) is 28.9. The van der Waals surface area contributed by atoms with Gasteiger partial charge in [-0.25, -0.2) is 9.59 Å². The molecule has 0 aliphatic heterocycles. The first-order chi connectivity index (χ1) is 23.5. The number of esters is 1. The van der Waals surface area contributed by atoms with Crippen LogP contribution in [-0.2, 0) is 28.6 Å². The Morgan fingerprint density at radius 3 is 2.16 bits per heavy atom. The molecule has 2 aromatic rings. The van der Waals surface area contributed by atoms with E-state index in [1.165, 1.54) is 0 Å². The zero-order chi connectivity index (χ0) is 35.8. The van der Waals surface area contributed by atoms with Crippen molar-refractivity contribution in [3.63, 3.8) is 0 Å². The van der Waals surface area contributed by atoms with Crippen LogP contribution in [0, 0.1) is 11.3 Å². The summed E-state index contributed by atoms with van der Waals surface area (Å²) < 4.78 is 16.5. The lowest BCUT2D eigenvalue weighted by molar-refractivity contribution is -0.148. The Bertz CT molecular complexity index is 1390. The van der Waals surface area contributed by atoms with E-state index in [1.54, 1.807) is 12.2 Å². The van der Waals surface area contributed by atoms with Crippen LogP contribution in [0.5, 0.6) is 0 Å². The van der Waals surface area contributed by atoms with Gasteiger partial charge in [-0.2, -0.15) is 0 Å². The lowest BCUT2D eigenvalue weighted by Crippen LogP contribution is -2.50. The fourth-order valence-electron chi connectivity index (χ4n) is 5.59. The van der Waals surface area contributed by atoms with E-state index in [0.717, 1.165) is 22.3 Å². The molecule has 1 aliphatic carbocycles. The predicted molar refractivity (Wildman–Crippen MR) is 188 cm³/mol. The minimum atomic E-state index is -0.997. The fourth-order valence-corrected chi connectivity index (χ4v) is 5.59. The smallest absolute Gasteiger partial charge is 0.407 e. The quantitative estimate of drug-likeness (QED) is 0.0899. The maximum atomic E-state index is 13.3. The van der Waals surface area contributed by atoms with Gasteiger partial charge in [0, 0.05) is 18.9 Å². The van der Waals surface area contributed by atoms with Crippen LogP contribution in [0.1, 0.15) is 63.5 Å². The van der Waals surface area contributed by atoms with Gasteiger partial charge in [0.1, 0.15) is 19.3 Å². The summed E-state index contributed by atoms with van der Waals surface area (Å²) in [6.45, 7) is 13.7. The number of allylic oxidation sites excluding steroid dienone is 2. The molecule has 2 aromatic carbocycles. The van der Waals surface area contributed by atoms with Crippen LogP contribution >= 0.6 is 0 Å². The van der Waals surface area contributed by atoms with Gasteiger partial charge >= 0.3 is 12.1 Å². The standard InChI is InChI=1S/C38H51N3O8/c1-6-8-18-32(40-37(46)49-24-31-29-16-11-9-14-27(29)28-15-10-12-17-30(28)31)36(45)48-25-33(38(3,4)5)41-35(44)26(13-7-2)23-34(43)39-19-21-47-22-20-42/h6-7,9-12,14-17,26,31-33,42H,1-2,8,13,18-25H2,3-5H3,(H,39,43)(H,40,46)(H,41,44)/t26-,32+,33-/m1/s1. The van der Waals surface area contributed by atoms with Crippen LogP contribution < -0.4 is 16.0 Å². The number of fused-ring (bicyclic) bond motifs is 3. The number of alkyl carbamates (subject to hydrolysis) is 1. The molecule has 0 heterocycles. The van der Waals surface area contributed by atoms with Gasteiger partial charge in [-0.3, -0.25) is 9.59 Å². The highest BCUT2D eigenvalue weighted by Gasteiger charge is 2.33. The van der Waals surface area contributed by atoms with Crippen LogP contribution in [0.15, 0.2) is 73.8 Å². The molecule has 3 atom stereocenters. The SMILES string of the molecule is C=CCC[C@H](NC(=O)OCC1c2ccccc2-c2ccccc21)C(=O)OC[C@@H](NC(=O)[C@H](CC=C)CC(=O)NCCOCCO)C(C)(C)C. The van der Waals surface area contributed by atoms with Crippen molar-refractivity contribution >= 4 is 23.9 Å². The Hall–Kier alpha value is -4.48. The van der Waals surface area contributed by atoms with Crippen molar-refractivity contribution in [2.45, 2.75) is 64.5 Å². The Kier molecular flexibility index (Phi) is 15.5. The van der Waals surface area contributed by atoms with Crippen molar-refractivity contribution in [1.29, 1.82) is 0 Å². The number of aliphatic hydroxyl groups excluding tert-OH is 1. The molecule has 0 radical (unpaired) electrons. The van der Waals surface area contributed by atoms with Gasteiger partial charge < -0.3 is 35.3 Å². The third kappa shape index (κ3) is 11.9. The predicted octanol–water partition coefficient (Wildman–Crippen LogP) is 4.64. The van der Waals surface area contributed by atoms with Crippen molar-refractivity contribution in [3.8, 4) is 11.1 Å². The maximum Gasteiger partial charge on any atom is 0.407 e. The van der Waals surface area contributed by atoms with E-state index in [9.17, 15) is 19.2 Å². The second-order valence-corrected chi connectivity index (χ2v) is 13.1. The molecule has 11 nitrogen and oxygen atoms in total. The van der Waals surface area contributed by atoms with Gasteiger partial charge in [0.15, 0.2) is 0 Å². The molecule has 0 saturated carbocycles. The Morgan fingerprint density at radius 2 is 1.57 bits per heavy atom. The van der Waals surface area contributed by atoms with E-state index in [4.69, 9.17) is 19.3 Å². The van der Waals surface area contributed by atoms with E-state index in [-0.39, 0.29) is 76.6 Å². The lowest BCUT2D eigenvalue weighted by Gasteiger charge is -2.32.